The summed E-state index contributed by atoms with van der Waals surface area (Å²) in [5.74, 6) is -1.82. The molecular formula is C22H32F3NO3. The summed E-state index contributed by atoms with van der Waals surface area (Å²) in [4.78, 5) is 2.42. The molecule has 0 N–H and O–H groups in total. The number of hydrogen-bond acceptors (Lipinski definition) is 4. The highest BCUT2D eigenvalue weighted by Gasteiger charge is 2.43. The van der Waals surface area contributed by atoms with Crippen molar-refractivity contribution >= 4 is 0 Å². The van der Waals surface area contributed by atoms with Gasteiger partial charge in [-0.25, -0.2) is 13.2 Å². The molecule has 2 heterocycles. The summed E-state index contributed by atoms with van der Waals surface area (Å²) >= 11 is 0. The average Bonchev–Trinajstić information content (AvgIpc) is 3.34. The molecule has 1 saturated carbocycles. The molecule has 0 spiro atoms. The lowest BCUT2D eigenvalue weighted by Gasteiger charge is -2.45. The van der Waals surface area contributed by atoms with Crippen molar-refractivity contribution in [3.05, 3.63) is 23.0 Å². The van der Waals surface area contributed by atoms with Gasteiger partial charge in [0.05, 0.1) is 25.9 Å². The summed E-state index contributed by atoms with van der Waals surface area (Å²) in [5.41, 5.74) is 1.70. The Labute approximate surface area is 171 Å². The first-order chi connectivity index (χ1) is 13.5. The van der Waals surface area contributed by atoms with Gasteiger partial charge in [-0.3, -0.25) is 4.90 Å². The van der Waals surface area contributed by atoms with Crippen molar-refractivity contribution < 1.29 is 27.4 Å². The molecule has 4 nitrogen and oxygen atoms in total. The maximum atomic E-state index is 14.8. The Hall–Kier alpha value is -1.47. The van der Waals surface area contributed by atoms with E-state index in [1.165, 1.54) is 7.11 Å². The summed E-state index contributed by atoms with van der Waals surface area (Å²) in [6.45, 7) is 8.04. The number of alkyl halides is 2. The molecular weight excluding hydrogens is 383 g/mol. The summed E-state index contributed by atoms with van der Waals surface area (Å²) in [7, 11) is 3.04. The highest BCUT2D eigenvalue weighted by Crippen LogP contribution is 2.44. The van der Waals surface area contributed by atoms with Crippen molar-refractivity contribution in [1.82, 2.24) is 4.90 Å². The number of ether oxygens (including phenoxy) is 3. The second-order valence-corrected chi connectivity index (χ2v) is 9.04. The van der Waals surface area contributed by atoms with Crippen LogP contribution in [0.3, 0.4) is 0 Å². The van der Waals surface area contributed by atoms with E-state index >= 15 is 0 Å². The molecule has 1 aliphatic carbocycles. The third-order valence-electron chi connectivity index (χ3n) is 5.54. The van der Waals surface area contributed by atoms with E-state index in [4.69, 9.17) is 14.2 Å². The second-order valence-electron chi connectivity index (χ2n) is 9.04. The van der Waals surface area contributed by atoms with Gasteiger partial charge in [0.25, 0.3) is 0 Å². The number of halogens is 3. The quantitative estimate of drug-likeness (QED) is 0.684. The summed E-state index contributed by atoms with van der Waals surface area (Å²) < 4.78 is 53.8. The van der Waals surface area contributed by atoms with E-state index in [2.05, 4.69) is 25.7 Å². The Morgan fingerprint density at radius 3 is 2.28 bits per heavy atom. The van der Waals surface area contributed by atoms with Crippen LogP contribution in [-0.2, 0) is 11.2 Å². The van der Waals surface area contributed by atoms with Gasteiger partial charge in [0.15, 0.2) is 17.3 Å². The normalized spacial score (nSPS) is 25.2. The number of methoxy groups -OCH3 is 2. The Bertz CT molecular complexity index is 727. The molecule has 0 radical (unpaired) electrons. The second kappa shape index (κ2) is 8.34. The van der Waals surface area contributed by atoms with Crippen LogP contribution in [0.2, 0.25) is 0 Å². The maximum absolute atomic E-state index is 14.8. The summed E-state index contributed by atoms with van der Waals surface area (Å²) in [5, 5.41) is 0. The standard InChI is InChI=1S/C19H28FNO3.C3H4F2/c1-19(2,3)24-12-6-7-15-14-10-16(22-4)18(23-5)17(20)13(14)8-9-21(15)11-12;4-3(5)1-2-3/h10,12,15H,6-9,11H2,1-5H3;1-2H2. The van der Waals surface area contributed by atoms with Crippen LogP contribution in [0.1, 0.15) is 63.6 Å². The predicted molar refractivity (Wildman–Crippen MR) is 106 cm³/mol. The summed E-state index contributed by atoms with van der Waals surface area (Å²) in [6, 6.07) is 2.20. The van der Waals surface area contributed by atoms with E-state index in [1.807, 2.05) is 6.07 Å². The topological polar surface area (TPSA) is 30.9 Å². The fourth-order valence-corrected chi connectivity index (χ4v) is 4.11. The lowest BCUT2D eigenvalue weighted by molar-refractivity contribution is -0.0972. The molecule has 164 valence electrons. The molecule has 2 unspecified atom stereocenters. The lowest BCUT2D eigenvalue weighted by atomic mass is 9.85. The molecule has 1 saturated heterocycles. The van der Waals surface area contributed by atoms with Crippen molar-refractivity contribution in [2.75, 3.05) is 27.3 Å². The Kier molecular flexibility index (Phi) is 6.39. The molecule has 3 aliphatic rings. The molecule has 0 aromatic heterocycles. The van der Waals surface area contributed by atoms with Crippen molar-refractivity contribution in [3.63, 3.8) is 0 Å². The van der Waals surface area contributed by atoms with Crippen LogP contribution in [0.25, 0.3) is 0 Å². The minimum absolute atomic E-state index is 0.118. The number of nitrogens with zero attached hydrogens (tertiary/aromatic N) is 1. The molecule has 0 bridgehead atoms. The minimum Gasteiger partial charge on any atom is -0.493 e. The first kappa shape index (κ1) is 22.2. The summed E-state index contributed by atoms with van der Waals surface area (Å²) in [6.07, 6.45) is 3.14. The molecule has 1 aromatic rings. The van der Waals surface area contributed by atoms with Crippen LogP contribution in [0.4, 0.5) is 13.2 Å². The van der Waals surface area contributed by atoms with Gasteiger partial charge in [-0.05, 0) is 57.2 Å². The first-order valence-electron chi connectivity index (χ1n) is 10.3. The van der Waals surface area contributed by atoms with Crippen LogP contribution >= 0.6 is 0 Å². The van der Waals surface area contributed by atoms with Gasteiger partial charge >= 0.3 is 0 Å². The van der Waals surface area contributed by atoms with Crippen molar-refractivity contribution in [3.8, 4) is 11.5 Å². The van der Waals surface area contributed by atoms with E-state index in [9.17, 15) is 13.2 Å². The molecule has 2 aliphatic heterocycles. The Morgan fingerprint density at radius 2 is 1.76 bits per heavy atom. The SMILES string of the molecule is COc1cc2c(c(F)c1OC)CCN1CC(OC(C)(C)C)CCC21.FC1(F)CC1. The third kappa shape index (κ3) is 5.37. The lowest BCUT2D eigenvalue weighted by Crippen LogP contribution is -2.47. The van der Waals surface area contributed by atoms with Gasteiger partial charge in [-0.2, -0.15) is 0 Å². The van der Waals surface area contributed by atoms with Gasteiger partial charge in [-0.15, -0.1) is 0 Å². The fourth-order valence-electron chi connectivity index (χ4n) is 4.11. The number of piperidine rings is 1. The Balaban J connectivity index is 0.000000419. The molecule has 1 aromatic carbocycles. The van der Waals surface area contributed by atoms with Crippen LogP contribution in [0.15, 0.2) is 6.07 Å². The van der Waals surface area contributed by atoms with Crippen molar-refractivity contribution in [2.24, 2.45) is 0 Å². The van der Waals surface area contributed by atoms with Crippen molar-refractivity contribution in [2.45, 2.75) is 76.5 Å². The predicted octanol–water partition coefficient (Wildman–Crippen LogP) is 5.14. The molecule has 2 atom stereocenters. The van der Waals surface area contributed by atoms with Gasteiger partial charge < -0.3 is 14.2 Å². The van der Waals surface area contributed by atoms with E-state index in [1.54, 1.807) is 7.11 Å². The number of rotatable bonds is 3. The van der Waals surface area contributed by atoms with E-state index in [-0.39, 0.29) is 42.2 Å². The highest BCUT2D eigenvalue weighted by molar-refractivity contribution is 5.51. The monoisotopic (exact) mass is 415 g/mol. The van der Waals surface area contributed by atoms with Gasteiger partial charge in [0.2, 0.25) is 5.92 Å². The molecule has 0 amide bonds. The molecule has 29 heavy (non-hydrogen) atoms. The van der Waals surface area contributed by atoms with Crippen LogP contribution in [0, 0.1) is 5.82 Å². The largest absolute Gasteiger partial charge is 0.493 e. The number of benzene rings is 1. The third-order valence-corrected chi connectivity index (χ3v) is 5.54. The maximum Gasteiger partial charge on any atom is 0.248 e. The fraction of sp³-hybridized carbons (Fsp3) is 0.727. The average molecular weight is 415 g/mol. The van der Waals surface area contributed by atoms with Gasteiger partial charge in [0, 0.05) is 32.0 Å². The van der Waals surface area contributed by atoms with E-state index < -0.39 is 5.92 Å². The van der Waals surface area contributed by atoms with E-state index in [0.29, 0.717) is 12.2 Å². The number of hydrogen-bond donors (Lipinski definition) is 0. The van der Waals surface area contributed by atoms with Crippen LogP contribution in [-0.4, -0.2) is 49.8 Å². The molecule has 4 rings (SSSR count). The Morgan fingerprint density at radius 1 is 1.10 bits per heavy atom. The van der Waals surface area contributed by atoms with Crippen molar-refractivity contribution in [1.29, 1.82) is 0 Å². The van der Waals surface area contributed by atoms with Crippen LogP contribution in [0.5, 0.6) is 11.5 Å². The first-order valence-corrected chi connectivity index (χ1v) is 10.3. The molecule has 2 fully saturated rings. The highest BCUT2D eigenvalue weighted by atomic mass is 19.3. The van der Waals surface area contributed by atoms with E-state index in [0.717, 1.165) is 37.1 Å². The zero-order valence-corrected chi connectivity index (χ0v) is 18.0. The smallest absolute Gasteiger partial charge is 0.248 e. The van der Waals surface area contributed by atoms with Gasteiger partial charge in [0.1, 0.15) is 0 Å². The zero-order valence-electron chi connectivity index (χ0n) is 18.0. The molecule has 7 heteroatoms. The zero-order chi connectivity index (χ0) is 21.4. The number of fused-ring (bicyclic) bond motifs is 3. The van der Waals surface area contributed by atoms with Gasteiger partial charge in [-0.1, -0.05) is 0 Å². The van der Waals surface area contributed by atoms with Crippen LogP contribution < -0.4 is 9.47 Å². The minimum atomic E-state index is -2.25.